The van der Waals surface area contributed by atoms with Gasteiger partial charge in [0.15, 0.2) is 0 Å². The Hall–Kier alpha value is -0.680. The number of nitrogens with zero attached hydrogens (tertiary/aromatic N) is 1. The molecule has 0 bridgehead atoms. The second-order valence-electron chi connectivity index (χ2n) is 4.83. The number of benzene rings is 1. The van der Waals surface area contributed by atoms with Crippen LogP contribution in [-0.2, 0) is 11.3 Å². The average Bonchev–Trinajstić information content (AvgIpc) is 2.41. The summed E-state index contributed by atoms with van der Waals surface area (Å²) in [6.45, 7) is 2.13. The molecule has 2 N–H and O–H groups in total. The first kappa shape index (κ1) is 16.4. The van der Waals surface area contributed by atoms with Crippen molar-refractivity contribution in [2.75, 3.05) is 20.2 Å². The molecule has 2 rings (SSSR count). The first-order chi connectivity index (χ1) is 8.74. The van der Waals surface area contributed by atoms with Crippen LogP contribution in [-0.4, -0.2) is 37.2 Å². The van der Waals surface area contributed by atoms with Crippen molar-refractivity contribution in [3.8, 4) is 0 Å². The van der Waals surface area contributed by atoms with Crippen LogP contribution in [0.25, 0.3) is 0 Å². The highest BCUT2D eigenvalue weighted by atomic mass is 35.5. The molecule has 19 heavy (non-hydrogen) atoms. The summed E-state index contributed by atoms with van der Waals surface area (Å²) in [5, 5.41) is 0. The van der Waals surface area contributed by atoms with Crippen molar-refractivity contribution >= 4 is 12.4 Å². The number of ether oxygens (including phenoxy) is 1. The highest BCUT2D eigenvalue weighted by molar-refractivity contribution is 5.85. The summed E-state index contributed by atoms with van der Waals surface area (Å²) in [6, 6.07) is 7.22. The van der Waals surface area contributed by atoms with Gasteiger partial charge in [0.1, 0.15) is 5.82 Å². The molecule has 0 saturated carbocycles. The lowest BCUT2D eigenvalue weighted by Crippen LogP contribution is -2.48. The predicted molar refractivity (Wildman–Crippen MR) is 76.9 cm³/mol. The fourth-order valence-electron chi connectivity index (χ4n) is 2.58. The zero-order valence-corrected chi connectivity index (χ0v) is 12.0. The standard InChI is InChI=1S/C14H21FN2O.ClH/c1-18-13-6-7-17(12(8-13)9-16)10-11-4-2-3-5-14(11)15;/h2-5,12-13H,6-10,16H2,1H3;1H. The lowest BCUT2D eigenvalue weighted by molar-refractivity contribution is 0.00988. The van der Waals surface area contributed by atoms with Crippen LogP contribution < -0.4 is 5.73 Å². The van der Waals surface area contributed by atoms with E-state index in [1.807, 2.05) is 12.1 Å². The Bertz CT molecular complexity index is 391. The van der Waals surface area contributed by atoms with E-state index in [4.69, 9.17) is 10.5 Å². The third-order valence-electron chi connectivity index (χ3n) is 3.73. The lowest BCUT2D eigenvalue weighted by atomic mass is 9.98. The van der Waals surface area contributed by atoms with Gasteiger partial charge in [0.05, 0.1) is 6.10 Å². The third-order valence-corrected chi connectivity index (χ3v) is 3.73. The summed E-state index contributed by atoms with van der Waals surface area (Å²) in [5.74, 6) is -0.137. The summed E-state index contributed by atoms with van der Waals surface area (Å²) >= 11 is 0. The van der Waals surface area contributed by atoms with Crippen LogP contribution in [0.1, 0.15) is 18.4 Å². The Kier molecular flexibility index (Phi) is 6.72. The van der Waals surface area contributed by atoms with Crippen molar-refractivity contribution in [2.45, 2.75) is 31.5 Å². The van der Waals surface area contributed by atoms with Gasteiger partial charge in [-0.1, -0.05) is 18.2 Å². The van der Waals surface area contributed by atoms with Gasteiger partial charge in [-0.2, -0.15) is 0 Å². The minimum absolute atomic E-state index is 0. The molecule has 108 valence electrons. The first-order valence-electron chi connectivity index (χ1n) is 6.45. The summed E-state index contributed by atoms with van der Waals surface area (Å²) in [6.07, 6.45) is 2.21. The Balaban J connectivity index is 0.00000180. The summed E-state index contributed by atoms with van der Waals surface area (Å²) < 4.78 is 19.0. The van der Waals surface area contributed by atoms with E-state index in [2.05, 4.69) is 4.90 Å². The highest BCUT2D eigenvalue weighted by Crippen LogP contribution is 2.22. The molecular weight excluding hydrogens is 267 g/mol. The Labute approximate surface area is 120 Å². The van der Waals surface area contributed by atoms with Gasteiger partial charge in [-0.15, -0.1) is 12.4 Å². The molecule has 1 aliphatic heterocycles. The molecule has 1 aromatic carbocycles. The maximum atomic E-state index is 13.6. The van der Waals surface area contributed by atoms with Crippen LogP contribution in [0.2, 0.25) is 0 Å². The van der Waals surface area contributed by atoms with Crippen LogP contribution in [0.4, 0.5) is 4.39 Å². The summed E-state index contributed by atoms with van der Waals surface area (Å²) in [7, 11) is 1.74. The summed E-state index contributed by atoms with van der Waals surface area (Å²) in [4.78, 5) is 2.26. The van der Waals surface area contributed by atoms with Gasteiger partial charge in [-0.05, 0) is 18.9 Å². The molecule has 5 heteroatoms. The van der Waals surface area contributed by atoms with E-state index < -0.39 is 0 Å². The molecule has 0 aliphatic carbocycles. The molecule has 3 nitrogen and oxygen atoms in total. The van der Waals surface area contributed by atoms with E-state index >= 15 is 0 Å². The van der Waals surface area contributed by atoms with Crippen molar-refractivity contribution in [3.63, 3.8) is 0 Å². The van der Waals surface area contributed by atoms with Gasteiger partial charge < -0.3 is 10.5 Å². The number of piperidine rings is 1. The first-order valence-corrected chi connectivity index (χ1v) is 6.45. The molecule has 1 heterocycles. The second-order valence-corrected chi connectivity index (χ2v) is 4.83. The number of methoxy groups -OCH3 is 1. The van der Waals surface area contributed by atoms with Crippen LogP contribution in [0.3, 0.4) is 0 Å². The van der Waals surface area contributed by atoms with Crippen molar-refractivity contribution in [2.24, 2.45) is 5.73 Å². The molecular formula is C14H22ClFN2O. The number of likely N-dealkylation sites (tertiary alicyclic amines) is 1. The average molecular weight is 289 g/mol. The van der Waals surface area contributed by atoms with Gasteiger partial charge in [0, 0.05) is 38.3 Å². The smallest absolute Gasteiger partial charge is 0.127 e. The Morgan fingerprint density at radius 2 is 2.16 bits per heavy atom. The SMILES string of the molecule is COC1CCN(Cc2ccccc2F)C(CN)C1.Cl. The topological polar surface area (TPSA) is 38.5 Å². The van der Waals surface area contributed by atoms with Gasteiger partial charge in [0.2, 0.25) is 0 Å². The molecule has 0 spiro atoms. The van der Waals surface area contributed by atoms with E-state index in [9.17, 15) is 4.39 Å². The molecule has 2 unspecified atom stereocenters. The third kappa shape index (κ3) is 4.14. The Morgan fingerprint density at radius 3 is 2.79 bits per heavy atom. The Morgan fingerprint density at radius 1 is 1.42 bits per heavy atom. The zero-order valence-electron chi connectivity index (χ0n) is 11.2. The van der Waals surface area contributed by atoms with Crippen molar-refractivity contribution < 1.29 is 9.13 Å². The van der Waals surface area contributed by atoms with Gasteiger partial charge in [-0.3, -0.25) is 4.90 Å². The number of hydrogen-bond donors (Lipinski definition) is 1. The van der Waals surface area contributed by atoms with E-state index in [0.29, 0.717) is 13.1 Å². The monoisotopic (exact) mass is 288 g/mol. The van der Waals surface area contributed by atoms with Gasteiger partial charge in [0.25, 0.3) is 0 Å². The maximum absolute atomic E-state index is 13.6. The molecule has 0 amide bonds. The molecule has 1 aromatic rings. The molecule has 0 radical (unpaired) electrons. The zero-order chi connectivity index (χ0) is 13.0. The normalized spacial score (nSPS) is 23.9. The summed E-state index contributed by atoms with van der Waals surface area (Å²) in [5.41, 5.74) is 6.55. The maximum Gasteiger partial charge on any atom is 0.127 e. The molecule has 1 fully saturated rings. The highest BCUT2D eigenvalue weighted by Gasteiger charge is 2.27. The minimum Gasteiger partial charge on any atom is -0.381 e. The molecule has 2 atom stereocenters. The van der Waals surface area contributed by atoms with E-state index in [1.54, 1.807) is 13.2 Å². The van der Waals surface area contributed by atoms with Crippen molar-refractivity contribution in [3.05, 3.63) is 35.6 Å². The second kappa shape index (κ2) is 7.80. The van der Waals surface area contributed by atoms with Gasteiger partial charge in [-0.25, -0.2) is 4.39 Å². The molecule has 1 aliphatic rings. The van der Waals surface area contributed by atoms with Gasteiger partial charge >= 0.3 is 0 Å². The fourth-order valence-corrected chi connectivity index (χ4v) is 2.58. The minimum atomic E-state index is -0.137. The van der Waals surface area contributed by atoms with Crippen molar-refractivity contribution in [1.82, 2.24) is 4.90 Å². The van der Waals surface area contributed by atoms with E-state index in [0.717, 1.165) is 24.9 Å². The predicted octanol–water partition coefficient (Wildman–Crippen LogP) is 2.19. The largest absolute Gasteiger partial charge is 0.381 e. The number of hydrogen-bond acceptors (Lipinski definition) is 3. The number of rotatable bonds is 4. The van der Waals surface area contributed by atoms with Crippen LogP contribution in [0.15, 0.2) is 24.3 Å². The quantitative estimate of drug-likeness (QED) is 0.923. The van der Waals surface area contributed by atoms with Crippen LogP contribution in [0, 0.1) is 5.82 Å². The van der Waals surface area contributed by atoms with E-state index in [1.165, 1.54) is 6.07 Å². The van der Waals surface area contributed by atoms with E-state index in [-0.39, 0.29) is 30.4 Å². The lowest BCUT2D eigenvalue weighted by Gasteiger charge is -2.38. The van der Waals surface area contributed by atoms with Crippen LogP contribution >= 0.6 is 12.4 Å². The number of halogens is 2. The number of nitrogens with two attached hydrogens (primary N) is 1. The molecule has 1 saturated heterocycles. The van der Waals surface area contributed by atoms with Crippen LogP contribution in [0.5, 0.6) is 0 Å². The molecule has 0 aromatic heterocycles. The fraction of sp³-hybridized carbons (Fsp3) is 0.571. The van der Waals surface area contributed by atoms with Crippen molar-refractivity contribution in [1.29, 1.82) is 0 Å².